The van der Waals surface area contributed by atoms with Crippen molar-refractivity contribution in [1.82, 2.24) is 19.4 Å². The average Bonchev–Trinajstić information content (AvgIpc) is 3.54. The number of benzene rings is 2. The topological polar surface area (TPSA) is 68.5 Å². The molecule has 0 radical (unpaired) electrons. The molecule has 0 spiro atoms. The number of hydrogen-bond acceptors (Lipinski definition) is 4. The number of likely N-dealkylation sites (N-methyl/N-ethyl adjacent to an activating group) is 1. The lowest BCUT2D eigenvalue weighted by molar-refractivity contribution is -0.122. The number of hydrogen-bond donors (Lipinski definition) is 1. The predicted octanol–water partition coefficient (Wildman–Crippen LogP) is 3.51. The number of rotatable bonds is 2. The van der Waals surface area contributed by atoms with Crippen LogP contribution in [0.4, 0.5) is 0 Å². The Bertz CT molecular complexity index is 1700. The predicted molar refractivity (Wildman–Crippen MR) is 137 cm³/mol. The highest BCUT2D eigenvalue weighted by molar-refractivity contribution is 6.50. The third-order valence-electron chi connectivity index (χ3n) is 6.81. The summed E-state index contributed by atoms with van der Waals surface area (Å²) in [5.41, 5.74) is 3.51. The lowest BCUT2D eigenvalue weighted by atomic mass is 9.95. The van der Waals surface area contributed by atoms with Crippen LogP contribution in [-0.2, 0) is 27.4 Å². The van der Waals surface area contributed by atoms with E-state index in [1.165, 1.54) is 0 Å². The Morgan fingerprint density at radius 3 is 2.09 bits per heavy atom. The smallest absolute Gasteiger partial charge is 0.259 e. The van der Waals surface area contributed by atoms with Crippen LogP contribution < -0.4 is 5.32 Å². The quantitative estimate of drug-likeness (QED) is 0.452. The lowest BCUT2D eigenvalue weighted by Crippen LogP contribution is -2.30. The molecular weight excluding hydrogens is 440 g/mol. The van der Waals surface area contributed by atoms with Gasteiger partial charge in [-0.15, -0.1) is 0 Å². The Hall–Kier alpha value is -3.68. The second-order valence-electron chi connectivity index (χ2n) is 8.93. The Kier molecular flexibility index (Phi) is 3.91. The minimum Gasteiger partial charge on any atom is -0.375 e. The zero-order valence-electron chi connectivity index (χ0n) is 25.0. The number of amides is 2. The Morgan fingerprint density at radius 1 is 0.914 bits per heavy atom. The molecule has 35 heavy (non-hydrogen) atoms. The summed E-state index contributed by atoms with van der Waals surface area (Å²) in [4.78, 5) is 27.1. The zero-order chi connectivity index (χ0) is 29.1. The summed E-state index contributed by atoms with van der Waals surface area (Å²) in [7, 11) is 0. The second-order valence-corrected chi connectivity index (χ2v) is 8.93. The van der Waals surface area contributed by atoms with Crippen molar-refractivity contribution in [2.75, 3.05) is 27.1 Å². The molecule has 178 valence electrons. The van der Waals surface area contributed by atoms with Crippen molar-refractivity contribution in [2.24, 2.45) is 0 Å². The lowest BCUT2D eigenvalue weighted by Gasteiger charge is -2.22. The molecule has 0 saturated carbocycles. The number of imide groups is 1. The summed E-state index contributed by atoms with van der Waals surface area (Å²) >= 11 is 0. The number of nitrogens with one attached hydrogen (secondary N) is 1. The molecule has 1 atom stereocenters. The van der Waals surface area contributed by atoms with Crippen molar-refractivity contribution in [3.05, 3.63) is 72.1 Å². The Balaban J connectivity index is 1.53. The van der Waals surface area contributed by atoms with Crippen LogP contribution in [0.25, 0.3) is 33.0 Å². The number of para-hydroxylation sites is 2. The van der Waals surface area contributed by atoms with Crippen LogP contribution in [0.15, 0.2) is 60.9 Å². The highest BCUT2D eigenvalue weighted by Gasteiger charge is 2.35. The molecule has 7 heteroatoms. The summed E-state index contributed by atoms with van der Waals surface area (Å²) in [6, 6.07) is 15.1. The third-order valence-corrected chi connectivity index (χ3v) is 6.81. The van der Waals surface area contributed by atoms with Gasteiger partial charge in [-0.05, 0) is 32.5 Å². The van der Waals surface area contributed by atoms with Crippen LogP contribution in [0, 0.1) is 0 Å². The molecule has 4 aromatic rings. The van der Waals surface area contributed by atoms with Gasteiger partial charge >= 0.3 is 0 Å². The maximum atomic E-state index is 13.3. The molecule has 2 aromatic carbocycles. The molecule has 0 unspecified atom stereocenters. The van der Waals surface area contributed by atoms with Crippen LogP contribution in [0.3, 0.4) is 0 Å². The molecule has 2 aliphatic rings. The van der Waals surface area contributed by atoms with E-state index in [0.29, 0.717) is 46.7 Å². The van der Waals surface area contributed by atoms with Crippen molar-refractivity contribution in [3.8, 4) is 0 Å². The fourth-order valence-corrected chi connectivity index (χ4v) is 5.26. The van der Waals surface area contributed by atoms with Crippen LogP contribution in [-0.4, -0.2) is 59.1 Å². The zero-order valence-corrected chi connectivity index (χ0v) is 19.0. The molecule has 2 aliphatic heterocycles. The van der Waals surface area contributed by atoms with Gasteiger partial charge < -0.3 is 18.8 Å². The summed E-state index contributed by atoms with van der Waals surface area (Å²) in [6.45, 7) is -5.08. The number of fused-ring (bicyclic) bond motifs is 12. The number of ether oxygens (including phenoxy) is 1. The first-order valence-corrected chi connectivity index (χ1v) is 11.6. The van der Waals surface area contributed by atoms with E-state index in [2.05, 4.69) is 5.32 Å². The van der Waals surface area contributed by atoms with Crippen molar-refractivity contribution in [1.29, 1.82) is 0 Å². The highest BCUT2D eigenvalue weighted by atomic mass is 16.5. The van der Waals surface area contributed by atoms with Crippen molar-refractivity contribution < 1.29 is 22.6 Å². The molecule has 4 bridgehead atoms. The highest BCUT2D eigenvalue weighted by Crippen LogP contribution is 2.39. The van der Waals surface area contributed by atoms with Crippen LogP contribution >= 0.6 is 0 Å². The first-order chi connectivity index (χ1) is 19.4. The number of nitrogens with zero attached hydrogens (tertiary/aromatic N) is 3. The van der Waals surface area contributed by atoms with Gasteiger partial charge in [0.2, 0.25) is 0 Å². The van der Waals surface area contributed by atoms with Crippen LogP contribution in [0.1, 0.15) is 25.8 Å². The molecule has 0 fully saturated rings. The van der Waals surface area contributed by atoms with Gasteiger partial charge in [0, 0.05) is 73.2 Å². The maximum absolute atomic E-state index is 13.3. The molecule has 6 rings (SSSR count). The van der Waals surface area contributed by atoms with Gasteiger partial charge in [-0.2, -0.15) is 0 Å². The minimum atomic E-state index is -2.84. The van der Waals surface area contributed by atoms with E-state index in [1.54, 1.807) is 0 Å². The fraction of sp³-hybridized carbons (Fsp3) is 0.286. The Labute approximate surface area is 212 Å². The molecule has 2 aromatic heterocycles. The monoisotopic (exact) mass is 474 g/mol. The van der Waals surface area contributed by atoms with Gasteiger partial charge in [0.1, 0.15) is 0 Å². The SMILES string of the molecule is [2H]C([2H])([2H])N(C[C@@H]1CCn2cc(c3ccccc32)C2=C(C(=O)NC2=O)c2cn(c3ccccc23)CCO1)C([2H])([2H])[2H]. The summed E-state index contributed by atoms with van der Waals surface area (Å²) in [5.74, 6) is -0.924. The van der Waals surface area contributed by atoms with E-state index in [9.17, 15) is 9.59 Å². The van der Waals surface area contributed by atoms with Gasteiger partial charge in [0.25, 0.3) is 11.8 Å². The fourth-order valence-electron chi connectivity index (χ4n) is 5.26. The normalized spacial score (nSPS) is 22.1. The summed E-state index contributed by atoms with van der Waals surface area (Å²) in [6.07, 6.45) is 3.26. The maximum Gasteiger partial charge on any atom is 0.259 e. The van der Waals surface area contributed by atoms with Gasteiger partial charge in [-0.1, -0.05) is 36.4 Å². The third kappa shape index (κ3) is 3.68. The van der Waals surface area contributed by atoms with Crippen LogP contribution in [0.5, 0.6) is 0 Å². The second kappa shape index (κ2) is 8.52. The van der Waals surface area contributed by atoms with E-state index in [1.807, 2.05) is 70.1 Å². The molecule has 0 aliphatic carbocycles. The minimum absolute atomic E-state index is 0.174. The van der Waals surface area contributed by atoms with Crippen molar-refractivity contribution in [3.63, 3.8) is 0 Å². The molecule has 0 saturated heterocycles. The first-order valence-electron chi connectivity index (χ1n) is 14.6. The molecule has 1 N–H and O–H groups in total. The van der Waals surface area contributed by atoms with E-state index in [-0.39, 0.29) is 13.2 Å². The van der Waals surface area contributed by atoms with E-state index in [0.717, 1.165) is 21.8 Å². The van der Waals surface area contributed by atoms with Gasteiger partial charge in [-0.25, -0.2) is 0 Å². The van der Waals surface area contributed by atoms with Gasteiger partial charge in [0.15, 0.2) is 0 Å². The number of aromatic nitrogens is 2. The number of carbonyl (C=O) groups excluding carboxylic acids is 2. The average molecular weight is 475 g/mol. The van der Waals surface area contributed by atoms with Crippen molar-refractivity contribution in [2.45, 2.75) is 25.6 Å². The standard InChI is InChI=1S/C28H28N4O3/c1-30(2)15-18-11-12-31-16-21(19-7-3-5-9-23(19)31)25-26(28(34)29-27(25)33)22-17-32(13-14-35-18)24-10-6-4-8-20(22)24/h3-10,16-18H,11-15H2,1-2H3,(H,29,33,34)/t18-/m0/s1/i1D3,2D3. The Morgan fingerprint density at radius 2 is 1.49 bits per heavy atom. The molecule has 7 nitrogen and oxygen atoms in total. The number of carbonyl (C=O) groups is 2. The van der Waals surface area contributed by atoms with E-state index < -0.39 is 31.9 Å². The van der Waals surface area contributed by atoms with E-state index in [4.69, 9.17) is 13.0 Å². The summed E-state index contributed by atoms with van der Waals surface area (Å²) < 4.78 is 57.0. The van der Waals surface area contributed by atoms with Crippen molar-refractivity contribution >= 4 is 44.8 Å². The molecule has 2 amide bonds. The van der Waals surface area contributed by atoms with Crippen LogP contribution in [0.2, 0.25) is 0 Å². The molecular formula is C28H28N4O3. The van der Waals surface area contributed by atoms with E-state index >= 15 is 0 Å². The van der Waals surface area contributed by atoms with Gasteiger partial charge in [-0.3, -0.25) is 14.9 Å². The molecule has 4 heterocycles. The number of aryl methyl sites for hydroxylation is 1. The summed E-state index contributed by atoms with van der Waals surface area (Å²) in [5, 5.41) is 4.07. The first kappa shape index (κ1) is 16.1. The largest absolute Gasteiger partial charge is 0.375 e. The van der Waals surface area contributed by atoms with Gasteiger partial charge in [0.05, 0.1) is 23.9 Å².